The molecule has 1 amide bonds. The Morgan fingerprint density at radius 1 is 1.14 bits per heavy atom. The van der Waals surface area contributed by atoms with Gasteiger partial charge in [0.05, 0.1) is 5.69 Å². The van der Waals surface area contributed by atoms with Gasteiger partial charge in [-0.2, -0.15) is 5.10 Å². The maximum absolute atomic E-state index is 12.7. The van der Waals surface area contributed by atoms with Crippen molar-refractivity contribution in [3.8, 4) is 5.75 Å². The Morgan fingerprint density at radius 3 is 2.61 bits per heavy atom. The minimum absolute atomic E-state index is 0.0468. The van der Waals surface area contributed by atoms with Crippen molar-refractivity contribution in [3.05, 3.63) is 46.8 Å². The second-order valence-electron chi connectivity index (χ2n) is 8.08. The summed E-state index contributed by atoms with van der Waals surface area (Å²) in [5.41, 5.74) is 3.38. The van der Waals surface area contributed by atoms with E-state index >= 15 is 0 Å². The average molecular weight is 386 g/mol. The lowest BCUT2D eigenvalue weighted by molar-refractivity contribution is -0.132. The van der Waals surface area contributed by atoms with Crippen LogP contribution in [-0.2, 0) is 11.3 Å². The van der Waals surface area contributed by atoms with Crippen LogP contribution in [0.4, 0.5) is 0 Å². The monoisotopic (exact) mass is 385 g/mol. The summed E-state index contributed by atoms with van der Waals surface area (Å²) < 4.78 is 7.63. The molecule has 1 aliphatic rings. The lowest BCUT2D eigenvalue weighted by Crippen LogP contribution is -2.39. The van der Waals surface area contributed by atoms with Crippen LogP contribution in [0.25, 0.3) is 0 Å². The van der Waals surface area contributed by atoms with E-state index in [4.69, 9.17) is 4.74 Å². The number of amides is 1. The zero-order valence-electron chi connectivity index (χ0n) is 17.4. The number of aryl methyl sites for hydroxylation is 4. The van der Waals surface area contributed by atoms with Gasteiger partial charge in [-0.15, -0.1) is 0 Å². The number of carbonyl (C=O) groups is 1. The van der Waals surface area contributed by atoms with Crippen LogP contribution in [0, 0.1) is 27.7 Å². The lowest BCUT2D eigenvalue weighted by Gasteiger charge is -2.27. The molecule has 1 atom stereocenters. The minimum Gasteiger partial charge on any atom is -0.491 e. The summed E-state index contributed by atoms with van der Waals surface area (Å²) in [4.78, 5) is 14.5. The Hall–Kier alpha value is -2.34. The van der Waals surface area contributed by atoms with E-state index in [9.17, 15) is 9.90 Å². The smallest absolute Gasteiger partial charge is 0.244 e. The van der Waals surface area contributed by atoms with Crippen LogP contribution < -0.4 is 4.74 Å². The fraction of sp³-hybridized carbons (Fsp3) is 0.545. The normalized spacial score (nSPS) is 20.1. The summed E-state index contributed by atoms with van der Waals surface area (Å²) in [6.45, 7) is 9.68. The average Bonchev–Trinajstić information content (AvgIpc) is 2.84. The second kappa shape index (κ2) is 8.35. The Balaban J connectivity index is 1.56. The summed E-state index contributed by atoms with van der Waals surface area (Å²) in [6, 6.07) is 7.94. The maximum Gasteiger partial charge on any atom is 0.244 e. The van der Waals surface area contributed by atoms with Gasteiger partial charge >= 0.3 is 0 Å². The molecule has 3 rings (SSSR count). The van der Waals surface area contributed by atoms with Gasteiger partial charge in [-0.05, 0) is 76.3 Å². The predicted molar refractivity (Wildman–Crippen MR) is 108 cm³/mol. The third-order valence-corrected chi connectivity index (χ3v) is 5.64. The quantitative estimate of drug-likeness (QED) is 0.859. The number of aromatic nitrogens is 2. The highest BCUT2D eigenvalue weighted by Crippen LogP contribution is 2.25. The zero-order valence-corrected chi connectivity index (χ0v) is 17.4. The lowest BCUT2D eigenvalue weighted by atomic mass is 9.96. The third-order valence-electron chi connectivity index (χ3n) is 5.64. The van der Waals surface area contributed by atoms with Gasteiger partial charge in [-0.3, -0.25) is 9.48 Å². The molecule has 6 heteroatoms. The molecule has 1 aromatic carbocycles. The highest BCUT2D eigenvalue weighted by molar-refractivity contribution is 5.76. The number of hydrogen-bond acceptors (Lipinski definition) is 4. The fourth-order valence-corrected chi connectivity index (χ4v) is 3.66. The van der Waals surface area contributed by atoms with Gasteiger partial charge in [0.2, 0.25) is 5.91 Å². The number of rotatable bonds is 5. The van der Waals surface area contributed by atoms with E-state index in [2.05, 4.69) is 18.9 Å². The minimum atomic E-state index is -0.911. The number of hydrogen-bond donors (Lipinski definition) is 1. The zero-order chi connectivity index (χ0) is 20.3. The Morgan fingerprint density at radius 2 is 1.93 bits per heavy atom. The summed E-state index contributed by atoms with van der Waals surface area (Å²) >= 11 is 0. The molecule has 1 unspecified atom stereocenters. The van der Waals surface area contributed by atoms with Gasteiger partial charge < -0.3 is 14.7 Å². The molecule has 0 spiro atoms. The van der Waals surface area contributed by atoms with Gasteiger partial charge in [0.15, 0.2) is 0 Å². The number of benzene rings is 1. The predicted octanol–water partition coefficient (Wildman–Crippen LogP) is 2.94. The number of ether oxygens (including phenoxy) is 1. The molecule has 2 heterocycles. The van der Waals surface area contributed by atoms with Crippen LogP contribution in [0.15, 0.2) is 24.3 Å². The highest BCUT2D eigenvalue weighted by Gasteiger charge is 2.32. The van der Waals surface area contributed by atoms with Gasteiger partial charge in [0.25, 0.3) is 0 Å². The van der Waals surface area contributed by atoms with E-state index in [1.165, 1.54) is 11.1 Å². The van der Waals surface area contributed by atoms with E-state index < -0.39 is 5.60 Å². The molecular formula is C22H31N3O3. The molecule has 0 aliphatic carbocycles. The first kappa shape index (κ1) is 20.4. The van der Waals surface area contributed by atoms with Crippen molar-refractivity contribution < 1.29 is 14.6 Å². The van der Waals surface area contributed by atoms with Gasteiger partial charge in [0, 0.05) is 18.8 Å². The fourth-order valence-electron chi connectivity index (χ4n) is 3.66. The van der Waals surface area contributed by atoms with E-state index in [-0.39, 0.29) is 19.1 Å². The first-order chi connectivity index (χ1) is 13.3. The molecule has 1 aliphatic heterocycles. The van der Waals surface area contributed by atoms with E-state index in [0.29, 0.717) is 25.9 Å². The van der Waals surface area contributed by atoms with Crippen molar-refractivity contribution in [2.75, 3.05) is 19.7 Å². The number of carbonyl (C=O) groups excluding carboxylic acids is 1. The third kappa shape index (κ3) is 4.93. The van der Waals surface area contributed by atoms with Crippen LogP contribution >= 0.6 is 0 Å². The van der Waals surface area contributed by atoms with Crippen LogP contribution in [0.2, 0.25) is 0 Å². The van der Waals surface area contributed by atoms with Crippen molar-refractivity contribution in [3.63, 3.8) is 0 Å². The summed E-state index contributed by atoms with van der Waals surface area (Å²) in [5.74, 6) is 0.823. The molecule has 0 radical (unpaired) electrons. The van der Waals surface area contributed by atoms with Crippen LogP contribution in [0.1, 0.15) is 41.8 Å². The molecule has 0 bridgehead atoms. The summed E-state index contributed by atoms with van der Waals surface area (Å²) in [7, 11) is 0. The van der Waals surface area contributed by atoms with Gasteiger partial charge in [0.1, 0.15) is 24.5 Å². The molecule has 2 aromatic rings. The second-order valence-corrected chi connectivity index (χ2v) is 8.08. The molecule has 1 saturated heterocycles. The maximum atomic E-state index is 12.7. The van der Waals surface area contributed by atoms with Crippen molar-refractivity contribution >= 4 is 5.91 Å². The SMILES string of the molecule is Cc1cc(C)n(CC(=O)N2CCCC(O)(COc3ccc(C)c(C)c3)CC2)n1. The van der Waals surface area contributed by atoms with E-state index in [1.54, 1.807) is 4.68 Å². The van der Waals surface area contributed by atoms with Crippen molar-refractivity contribution in [1.29, 1.82) is 0 Å². The highest BCUT2D eigenvalue weighted by atomic mass is 16.5. The van der Waals surface area contributed by atoms with E-state index in [1.807, 2.05) is 43.0 Å². The van der Waals surface area contributed by atoms with Crippen LogP contribution in [-0.4, -0.2) is 51.0 Å². The summed E-state index contributed by atoms with van der Waals surface area (Å²) in [6.07, 6.45) is 1.90. The Bertz CT molecular complexity index is 846. The molecule has 1 fully saturated rings. The molecular weight excluding hydrogens is 354 g/mol. The largest absolute Gasteiger partial charge is 0.491 e. The van der Waals surface area contributed by atoms with Gasteiger partial charge in [-0.1, -0.05) is 6.07 Å². The summed E-state index contributed by atoms with van der Waals surface area (Å²) in [5, 5.41) is 15.4. The number of likely N-dealkylation sites (tertiary alicyclic amines) is 1. The number of nitrogens with zero attached hydrogens (tertiary/aromatic N) is 3. The first-order valence-electron chi connectivity index (χ1n) is 9.97. The topological polar surface area (TPSA) is 67.6 Å². The van der Waals surface area contributed by atoms with Crippen molar-refractivity contribution in [2.24, 2.45) is 0 Å². The van der Waals surface area contributed by atoms with Crippen molar-refractivity contribution in [2.45, 2.75) is 59.1 Å². The van der Waals surface area contributed by atoms with Crippen molar-refractivity contribution in [1.82, 2.24) is 14.7 Å². The standard InChI is InChI=1S/C22H31N3O3/c1-16-6-7-20(12-17(16)2)28-15-22(27)8-5-10-24(11-9-22)21(26)14-25-19(4)13-18(3)23-25/h6-7,12-13,27H,5,8-11,14-15H2,1-4H3. The van der Waals surface area contributed by atoms with Crippen LogP contribution in [0.5, 0.6) is 5.75 Å². The molecule has 28 heavy (non-hydrogen) atoms. The Kier molecular flexibility index (Phi) is 6.08. The molecule has 1 aromatic heterocycles. The van der Waals surface area contributed by atoms with E-state index in [0.717, 1.165) is 23.6 Å². The molecule has 0 saturated carbocycles. The molecule has 152 valence electrons. The van der Waals surface area contributed by atoms with Crippen LogP contribution in [0.3, 0.4) is 0 Å². The Labute approximate surface area is 167 Å². The molecule has 1 N–H and O–H groups in total. The van der Waals surface area contributed by atoms with Gasteiger partial charge in [-0.25, -0.2) is 0 Å². The first-order valence-corrected chi connectivity index (χ1v) is 9.97. The molecule has 6 nitrogen and oxygen atoms in total. The number of aliphatic hydroxyl groups is 1.